The van der Waals surface area contributed by atoms with Crippen LogP contribution in [0, 0.1) is 11.6 Å². The van der Waals surface area contributed by atoms with Crippen molar-refractivity contribution in [2.24, 2.45) is 0 Å². The lowest BCUT2D eigenvalue weighted by molar-refractivity contribution is 0.0845. The molecular weight excluding hydrogens is 248 g/mol. The van der Waals surface area contributed by atoms with Gasteiger partial charge in [0.05, 0.1) is 5.54 Å². The summed E-state index contributed by atoms with van der Waals surface area (Å²) in [6, 6.07) is 3.35. The second-order valence-corrected chi connectivity index (χ2v) is 4.59. The molecule has 0 heterocycles. The first-order valence-electron chi connectivity index (χ1n) is 5.40. The van der Waals surface area contributed by atoms with Gasteiger partial charge in [0.1, 0.15) is 17.2 Å². The number of carbonyl (C=O) groups is 1. The van der Waals surface area contributed by atoms with Crippen molar-refractivity contribution in [3.63, 3.8) is 0 Å². The van der Waals surface area contributed by atoms with Gasteiger partial charge in [-0.25, -0.2) is 8.78 Å². The smallest absolute Gasteiger partial charge is 0.257 e. The molecule has 0 atom stereocenters. The van der Waals surface area contributed by atoms with Crippen LogP contribution in [-0.2, 0) is 0 Å². The maximum atomic E-state index is 13.4. The van der Waals surface area contributed by atoms with Crippen LogP contribution in [-0.4, -0.2) is 17.3 Å². The van der Waals surface area contributed by atoms with Crippen molar-refractivity contribution >= 4 is 17.5 Å². The predicted octanol–water partition coefficient (Wildman–Crippen LogP) is 2.86. The van der Waals surface area contributed by atoms with Gasteiger partial charge in [-0.15, -0.1) is 11.6 Å². The minimum Gasteiger partial charge on any atom is -0.345 e. The second kappa shape index (κ2) is 4.61. The van der Waals surface area contributed by atoms with Crippen LogP contribution in [0.1, 0.15) is 29.6 Å². The minimum absolute atomic E-state index is 0.259. The van der Waals surface area contributed by atoms with Gasteiger partial charge in [-0.1, -0.05) is 6.07 Å². The first kappa shape index (κ1) is 12.3. The van der Waals surface area contributed by atoms with Crippen molar-refractivity contribution in [1.82, 2.24) is 5.32 Å². The van der Waals surface area contributed by atoms with E-state index in [-0.39, 0.29) is 5.88 Å². The molecule has 1 aromatic rings. The van der Waals surface area contributed by atoms with Crippen molar-refractivity contribution in [2.75, 3.05) is 5.88 Å². The molecule has 1 aliphatic carbocycles. The molecule has 2 rings (SSSR count). The lowest BCUT2D eigenvalue weighted by atomic mass is 9.78. The highest BCUT2D eigenvalue weighted by Gasteiger charge is 2.38. The minimum atomic E-state index is -0.855. The maximum absolute atomic E-state index is 13.4. The average Bonchev–Trinajstić information content (AvgIpc) is 2.23. The average molecular weight is 260 g/mol. The Morgan fingerprint density at radius 1 is 1.35 bits per heavy atom. The van der Waals surface area contributed by atoms with Gasteiger partial charge in [0.2, 0.25) is 0 Å². The summed E-state index contributed by atoms with van der Waals surface area (Å²) < 4.78 is 26.7. The van der Waals surface area contributed by atoms with E-state index in [9.17, 15) is 13.6 Å². The van der Waals surface area contributed by atoms with Crippen LogP contribution in [0.4, 0.5) is 8.78 Å². The number of hydrogen-bond acceptors (Lipinski definition) is 1. The predicted molar refractivity (Wildman–Crippen MR) is 61.1 cm³/mol. The van der Waals surface area contributed by atoms with E-state index < -0.39 is 28.6 Å². The molecule has 17 heavy (non-hydrogen) atoms. The number of nitrogens with one attached hydrogen (secondary N) is 1. The molecule has 0 bridgehead atoms. The molecule has 1 fully saturated rings. The van der Waals surface area contributed by atoms with E-state index in [1.54, 1.807) is 0 Å². The summed E-state index contributed by atoms with van der Waals surface area (Å²) in [7, 11) is 0. The van der Waals surface area contributed by atoms with E-state index in [1.807, 2.05) is 0 Å². The highest BCUT2D eigenvalue weighted by atomic mass is 35.5. The largest absolute Gasteiger partial charge is 0.345 e. The number of alkyl halides is 1. The molecule has 5 heteroatoms. The zero-order valence-corrected chi connectivity index (χ0v) is 9.86. The first-order valence-corrected chi connectivity index (χ1v) is 5.94. The Balaban J connectivity index is 2.20. The molecule has 0 spiro atoms. The Hall–Kier alpha value is -1.16. The molecule has 1 amide bonds. The zero-order valence-electron chi connectivity index (χ0n) is 9.10. The van der Waals surface area contributed by atoms with E-state index >= 15 is 0 Å². The maximum Gasteiger partial charge on any atom is 0.257 e. The quantitative estimate of drug-likeness (QED) is 0.831. The Bertz CT molecular complexity index is 420. The SMILES string of the molecule is O=C(NC1(CCl)CCC1)c1c(F)cccc1F. The topological polar surface area (TPSA) is 29.1 Å². The molecule has 0 aliphatic heterocycles. The third kappa shape index (κ3) is 2.27. The van der Waals surface area contributed by atoms with Crippen molar-refractivity contribution in [3.8, 4) is 0 Å². The Kier molecular flexibility index (Phi) is 3.33. The summed E-state index contributed by atoms with van der Waals surface area (Å²) in [5.74, 6) is -2.19. The van der Waals surface area contributed by atoms with E-state index in [4.69, 9.17) is 11.6 Å². The van der Waals surface area contributed by atoms with Crippen LogP contribution in [0.5, 0.6) is 0 Å². The normalized spacial score (nSPS) is 17.4. The van der Waals surface area contributed by atoms with Crippen LogP contribution in [0.2, 0.25) is 0 Å². The van der Waals surface area contributed by atoms with Crippen molar-refractivity contribution in [3.05, 3.63) is 35.4 Å². The third-order valence-electron chi connectivity index (χ3n) is 3.13. The van der Waals surface area contributed by atoms with Crippen molar-refractivity contribution in [2.45, 2.75) is 24.8 Å². The van der Waals surface area contributed by atoms with Crippen LogP contribution >= 0.6 is 11.6 Å². The van der Waals surface area contributed by atoms with Crippen molar-refractivity contribution in [1.29, 1.82) is 0 Å². The summed E-state index contributed by atoms with van der Waals surface area (Å²) in [5.41, 5.74) is -1.03. The van der Waals surface area contributed by atoms with E-state index in [2.05, 4.69) is 5.32 Å². The number of benzene rings is 1. The zero-order chi connectivity index (χ0) is 12.5. The highest BCUT2D eigenvalue weighted by molar-refractivity contribution is 6.19. The van der Waals surface area contributed by atoms with Gasteiger partial charge < -0.3 is 5.32 Å². The van der Waals surface area contributed by atoms with E-state index in [0.29, 0.717) is 0 Å². The molecule has 0 radical (unpaired) electrons. The van der Waals surface area contributed by atoms with E-state index in [1.165, 1.54) is 6.07 Å². The Morgan fingerprint density at radius 2 is 1.94 bits per heavy atom. The Labute approximate surface area is 103 Å². The molecule has 2 nitrogen and oxygen atoms in total. The molecule has 92 valence electrons. The molecule has 1 aromatic carbocycles. The Morgan fingerprint density at radius 3 is 2.35 bits per heavy atom. The fourth-order valence-corrected chi connectivity index (χ4v) is 2.25. The molecule has 0 unspecified atom stereocenters. The third-order valence-corrected chi connectivity index (χ3v) is 3.65. The summed E-state index contributed by atoms with van der Waals surface area (Å²) in [6.45, 7) is 0. The highest BCUT2D eigenvalue weighted by Crippen LogP contribution is 2.33. The summed E-state index contributed by atoms with van der Waals surface area (Å²) in [6.07, 6.45) is 2.46. The summed E-state index contributed by atoms with van der Waals surface area (Å²) in [4.78, 5) is 11.8. The van der Waals surface area contributed by atoms with Gasteiger partial charge in [0.25, 0.3) is 5.91 Å². The summed E-state index contributed by atoms with van der Waals surface area (Å²) >= 11 is 5.77. The van der Waals surface area contributed by atoms with Gasteiger partial charge in [0, 0.05) is 5.88 Å². The van der Waals surface area contributed by atoms with Crippen LogP contribution in [0.3, 0.4) is 0 Å². The number of carbonyl (C=O) groups excluding carboxylic acids is 1. The molecule has 0 aromatic heterocycles. The fraction of sp³-hybridized carbons (Fsp3) is 0.417. The number of hydrogen-bond donors (Lipinski definition) is 1. The second-order valence-electron chi connectivity index (χ2n) is 4.32. The molecule has 1 N–H and O–H groups in total. The van der Waals surface area contributed by atoms with Crippen LogP contribution in [0.25, 0.3) is 0 Å². The number of rotatable bonds is 3. The van der Waals surface area contributed by atoms with Crippen LogP contribution in [0.15, 0.2) is 18.2 Å². The standard InChI is InChI=1S/C12H12ClF2NO/c13-7-12(5-2-6-12)16-11(17)10-8(14)3-1-4-9(10)15/h1,3-4H,2,5-7H2,(H,16,17). The monoisotopic (exact) mass is 259 g/mol. The molecular formula is C12H12ClF2NO. The fourth-order valence-electron chi connectivity index (χ4n) is 1.91. The van der Waals surface area contributed by atoms with Gasteiger partial charge in [0.15, 0.2) is 0 Å². The lowest BCUT2D eigenvalue weighted by Crippen LogP contribution is -2.55. The molecule has 1 aliphatic rings. The van der Waals surface area contributed by atoms with Crippen molar-refractivity contribution < 1.29 is 13.6 Å². The van der Waals surface area contributed by atoms with E-state index in [0.717, 1.165) is 31.4 Å². The number of halogens is 3. The van der Waals surface area contributed by atoms with Crippen LogP contribution < -0.4 is 5.32 Å². The number of amides is 1. The first-order chi connectivity index (χ1) is 8.08. The van der Waals surface area contributed by atoms with Gasteiger partial charge >= 0.3 is 0 Å². The lowest BCUT2D eigenvalue weighted by Gasteiger charge is -2.41. The van der Waals surface area contributed by atoms with Gasteiger partial charge in [-0.2, -0.15) is 0 Å². The summed E-state index contributed by atoms with van der Waals surface area (Å²) in [5, 5.41) is 2.63. The van der Waals surface area contributed by atoms with Gasteiger partial charge in [-0.05, 0) is 31.4 Å². The molecule has 0 saturated heterocycles. The molecule has 1 saturated carbocycles. The van der Waals surface area contributed by atoms with Gasteiger partial charge in [-0.3, -0.25) is 4.79 Å².